The summed E-state index contributed by atoms with van der Waals surface area (Å²) in [6, 6.07) is 8.77. The monoisotopic (exact) mass is 236 g/mol. The number of benzene rings is 1. The number of nitrogens with zero attached hydrogens (tertiary/aromatic N) is 2. The quantitative estimate of drug-likeness (QED) is 0.793. The molecule has 0 N–H and O–H groups in total. The van der Waals surface area contributed by atoms with Crippen LogP contribution in [0.15, 0.2) is 41.4 Å². The molecular weight excluding hydrogens is 224 g/mol. The first-order chi connectivity index (χ1) is 7.53. The van der Waals surface area contributed by atoms with Crippen LogP contribution < -0.4 is 0 Å². The minimum atomic E-state index is -3.43. The second-order valence-electron chi connectivity index (χ2n) is 3.62. The van der Waals surface area contributed by atoms with Crippen molar-refractivity contribution in [2.24, 2.45) is 0 Å². The third-order valence-corrected chi connectivity index (χ3v) is 4.20. The lowest BCUT2D eigenvalue weighted by Crippen LogP contribution is -2.22. The van der Waals surface area contributed by atoms with Crippen LogP contribution in [-0.2, 0) is 10.0 Å². The van der Waals surface area contributed by atoms with Crippen LogP contribution in [0, 0.1) is 0 Å². The fraction of sp³-hybridized carbons (Fsp3) is 0.182. The molecule has 0 unspecified atom stereocenters. The van der Waals surface area contributed by atoms with Crippen molar-refractivity contribution in [2.75, 3.05) is 14.1 Å². The fourth-order valence-electron chi connectivity index (χ4n) is 1.48. The molecule has 1 aromatic carbocycles. The molecular formula is C11H12N2O2S. The maximum Gasteiger partial charge on any atom is 0.244 e. The smallest absolute Gasteiger partial charge is 0.244 e. The zero-order valence-electron chi connectivity index (χ0n) is 9.08. The van der Waals surface area contributed by atoms with E-state index in [1.165, 1.54) is 18.4 Å². The van der Waals surface area contributed by atoms with Gasteiger partial charge in [-0.2, -0.15) is 0 Å². The van der Waals surface area contributed by atoms with Crippen molar-refractivity contribution in [1.29, 1.82) is 0 Å². The summed E-state index contributed by atoms with van der Waals surface area (Å²) in [6.45, 7) is 0. The number of sulfonamides is 1. The molecule has 0 aliphatic heterocycles. The predicted octanol–water partition coefficient (Wildman–Crippen LogP) is 1.49. The average molecular weight is 236 g/mol. The first-order valence-corrected chi connectivity index (χ1v) is 6.24. The molecule has 1 aromatic heterocycles. The van der Waals surface area contributed by atoms with Gasteiger partial charge in [-0.3, -0.25) is 4.98 Å². The van der Waals surface area contributed by atoms with Crippen molar-refractivity contribution < 1.29 is 8.42 Å². The van der Waals surface area contributed by atoms with Crippen molar-refractivity contribution in [2.45, 2.75) is 4.90 Å². The Bertz CT molecular complexity index is 615. The van der Waals surface area contributed by atoms with E-state index in [2.05, 4.69) is 4.98 Å². The lowest BCUT2D eigenvalue weighted by Gasteiger charge is -2.12. The van der Waals surface area contributed by atoms with Crippen molar-refractivity contribution in [3.63, 3.8) is 0 Å². The third kappa shape index (κ3) is 1.68. The van der Waals surface area contributed by atoms with Gasteiger partial charge in [-0.05, 0) is 12.1 Å². The van der Waals surface area contributed by atoms with Crippen LogP contribution in [0.5, 0.6) is 0 Å². The van der Waals surface area contributed by atoms with Gasteiger partial charge in [-0.25, -0.2) is 12.7 Å². The minimum Gasteiger partial charge on any atom is -0.255 e. The summed E-state index contributed by atoms with van der Waals surface area (Å²) in [6.07, 6.45) is 1.59. The molecule has 0 amide bonds. The number of hydrogen-bond donors (Lipinski definition) is 0. The fourth-order valence-corrected chi connectivity index (χ4v) is 2.54. The maximum atomic E-state index is 12.0. The van der Waals surface area contributed by atoms with E-state index in [1.54, 1.807) is 24.4 Å². The highest BCUT2D eigenvalue weighted by atomic mass is 32.2. The molecule has 4 nitrogen and oxygen atoms in total. The number of rotatable bonds is 2. The Balaban J connectivity index is 2.80. The van der Waals surface area contributed by atoms with Crippen LogP contribution >= 0.6 is 0 Å². The van der Waals surface area contributed by atoms with E-state index in [4.69, 9.17) is 0 Å². The summed E-state index contributed by atoms with van der Waals surface area (Å²) in [5.74, 6) is 0. The van der Waals surface area contributed by atoms with Crippen LogP contribution in [-0.4, -0.2) is 31.8 Å². The van der Waals surface area contributed by atoms with Gasteiger partial charge >= 0.3 is 0 Å². The van der Waals surface area contributed by atoms with E-state index in [9.17, 15) is 8.42 Å². The molecule has 84 valence electrons. The third-order valence-electron chi connectivity index (χ3n) is 2.35. The maximum absolute atomic E-state index is 12.0. The molecule has 16 heavy (non-hydrogen) atoms. The first-order valence-electron chi connectivity index (χ1n) is 4.80. The predicted molar refractivity (Wildman–Crippen MR) is 62.6 cm³/mol. The summed E-state index contributed by atoms with van der Waals surface area (Å²) in [5, 5.41) is 0.824. The van der Waals surface area contributed by atoms with E-state index in [-0.39, 0.29) is 4.90 Å². The molecule has 0 saturated carbocycles. The summed E-state index contributed by atoms with van der Waals surface area (Å²) < 4.78 is 25.3. The molecule has 0 aliphatic carbocycles. The summed E-state index contributed by atoms with van der Waals surface area (Å²) >= 11 is 0. The van der Waals surface area contributed by atoms with Gasteiger partial charge in [0.15, 0.2) is 0 Å². The van der Waals surface area contributed by atoms with Crippen molar-refractivity contribution >= 4 is 20.9 Å². The van der Waals surface area contributed by atoms with Gasteiger partial charge in [-0.1, -0.05) is 18.2 Å². The van der Waals surface area contributed by atoms with E-state index in [0.717, 1.165) is 5.39 Å². The highest BCUT2D eigenvalue weighted by Crippen LogP contribution is 2.22. The number of fused-ring (bicyclic) bond motifs is 1. The summed E-state index contributed by atoms with van der Waals surface area (Å²) in [4.78, 5) is 4.37. The standard InChI is InChI=1S/C11H12N2O2S/c1-13(2)16(14,15)10-7-3-5-9-6-4-8-12-11(9)10/h3-8H,1-2H3. The Kier molecular flexibility index (Phi) is 2.65. The molecule has 0 aliphatic rings. The topological polar surface area (TPSA) is 50.3 Å². The Morgan fingerprint density at radius 3 is 2.50 bits per heavy atom. The average Bonchev–Trinajstić information content (AvgIpc) is 2.28. The molecule has 0 atom stereocenters. The number of para-hydroxylation sites is 1. The van der Waals surface area contributed by atoms with Crippen LogP contribution in [0.25, 0.3) is 10.9 Å². The molecule has 0 radical (unpaired) electrons. The Labute approximate surface area is 94.6 Å². The minimum absolute atomic E-state index is 0.246. The van der Waals surface area contributed by atoms with Crippen LogP contribution in [0.3, 0.4) is 0 Å². The highest BCUT2D eigenvalue weighted by molar-refractivity contribution is 7.89. The van der Waals surface area contributed by atoms with Crippen molar-refractivity contribution in [3.8, 4) is 0 Å². The van der Waals surface area contributed by atoms with Crippen molar-refractivity contribution in [3.05, 3.63) is 36.5 Å². The number of hydrogen-bond acceptors (Lipinski definition) is 3. The largest absolute Gasteiger partial charge is 0.255 e. The second kappa shape index (κ2) is 3.84. The molecule has 0 spiro atoms. The van der Waals surface area contributed by atoms with E-state index in [1.807, 2.05) is 12.1 Å². The molecule has 0 saturated heterocycles. The van der Waals surface area contributed by atoms with Crippen LogP contribution in [0.1, 0.15) is 0 Å². The first kappa shape index (κ1) is 11.0. The van der Waals surface area contributed by atoms with Gasteiger partial charge in [0.1, 0.15) is 4.90 Å². The Morgan fingerprint density at radius 1 is 1.12 bits per heavy atom. The Hall–Kier alpha value is -1.46. The van der Waals surface area contributed by atoms with Gasteiger partial charge in [0.2, 0.25) is 10.0 Å². The van der Waals surface area contributed by atoms with E-state index in [0.29, 0.717) is 5.52 Å². The molecule has 0 fully saturated rings. The second-order valence-corrected chi connectivity index (χ2v) is 5.74. The number of aromatic nitrogens is 1. The van der Waals surface area contributed by atoms with Gasteiger partial charge in [0, 0.05) is 25.7 Å². The van der Waals surface area contributed by atoms with Gasteiger partial charge in [-0.15, -0.1) is 0 Å². The zero-order valence-corrected chi connectivity index (χ0v) is 9.90. The van der Waals surface area contributed by atoms with E-state index < -0.39 is 10.0 Å². The Morgan fingerprint density at radius 2 is 1.81 bits per heavy atom. The molecule has 5 heteroatoms. The normalized spacial score (nSPS) is 12.2. The SMILES string of the molecule is CN(C)S(=O)(=O)c1cccc2cccnc12. The van der Waals surface area contributed by atoms with E-state index >= 15 is 0 Å². The van der Waals surface area contributed by atoms with Crippen molar-refractivity contribution in [1.82, 2.24) is 9.29 Å². The zero-order chi connectivity index (χ0) is 11.8. The lowest BCUT2D eigenvalue weighted by atomic mass is 10.2. The molecule has 2 aromatic rings. The van der Waals surface area contributed by atoms with Crippen LogP contribution in [0.2, 0.25) is 0 Å². The van der Waals surface area contributed by atoms with Gasteiger partial charge in [0.05, 0.1) is 5.52 Å². The van der Waals surface area contributed by atoms with Gasteiger partial charge < -0.3 is 0 Å². The highest BCUT2D eigenvalue weighted by Gasteiger charge is 2.20. The molecule has 1 heterocycles. The molecule has 0 bridgehead atoms. The van der Waals surface area contributed by atoms with Gasteiger partial charge in [0.25, 0.3) is 0 Å². The number of pyridine rings is 1. The van der Waals surface area contributed by atoms with Crippen LogP contribution in [0.4, 0.5) is 0 Å². The molecule has 2 rings (SSSR count). The lowest BCUT2D eigenvalue weighted by molar-refractivity contribution is 0.521. The summed E-state index contributed by atoms with van der Waals surface area (Å²) in [7, 11) is -0.411. The summed E-state index contributed by atoms with van der Waals surface area (Å²) in [5.41, 5.74) is 0.513.